The van der Waals surface area contributed by atoms with Crippen molar-refractivity contribution < 1.29 is 9.53 Å². The predicted octanol–water partition coefficient (Wildman–Crippen LogP) is 2.22. The zero-order chi connectivity index (χ0) is 13.2. The van der Waals surface area contributed by atoms with E-state index in [4.69, 9.17) is 4.74 Å². The average molecular weight is 253 g/mol. The van der Waals surface area contributed by atoms with Crippen LogP contribution in [-0.2, 0) is 0 Å². The Labute approximate surface area is 109 Å². The normalized spacial score (nSPS) is 10.6. The number of ether oxygens (including phenoxy) is 1. The third-order valence-corrected chi connectivity index (χ3v) is 2.87. The van der Waals surface area contributed by atoms with Gasteiger partial charge in [0.25, 0.3) is 0 Å². The summed E-state index contributed by atoms with van der Waals surface area (Å²) in [5, 5.41) is 4.42. The van der Waals surface area contributed by atoms with Gasteiger partial charge in [-0.2, -0.15) is 5.10 Å². The number of benzene rings is 1. The monoisotopic (exact) mass is 253 g/mol. The minimum absolute atomic E-state index is 0.430. The maximum Gasteiger partial charge on any atom is 0.170 e. The molecule has 0 aliphatic heterocycles. The van der Waals surface area contributed by atoms with E-state index in [1.54, 1.807) is 7.11 Å². The molecule has 0 saturated carbocycles. The van der Waals surface area contributed by atoms with Gasteiger partial charge in [0.1, 0.15) is 11.4 Å². The van der Waals surface area contributed by atoms with Crippen LogP contribution in [0.3, 0.4) is 0 Å². The first-order valence-electron chi connectivity index (χ1n) is 5.76. The Balaban J connectivity index is 2.16. The second kappa shape index (κ2) is 4.53. The molecule has 0 N–H and O–H groups in total. The van der Waals surface area contributed by atoms with E-state index in [0.29, 0.717) is 11.3 Å². The Hall–Kier alpha value is -2.69. The van der Waals surface area contributed by atoms with Gasteiger partial charge in [-0.25, -0.2) is 9.50 Å². The van der Waals surface area contributed by atoms with Gasteiger partial charge in [0, 0.05) is 5.56 Å². The van der Waals surface area contributed by atoms with Crippen LogP contribution < -0.4 is 4.74 Å². The molecule has 3 aromatic rings. The number of carbonyl (C=O) groups is 1. The van der Waals surface area contributed by atoms with Crippen molar-refractivity contribution in [2.75, 3.05) is 7.11 Å². The number of fused-ring (bicyclic) bond motifs is 1. The molecule has 0 amide bonds. The van der Waals surface area contributed by atoms with Crippen molar-refractivity contribution in [1.29, 1.82) is 0 Å². The van der Waals surface area contributed by atoms with Gasteiger partial charge in [-0.15, -0.1) is 0 Å². The summed E-state index contributed by atoms with van der Waals surface area (Å²) in [5.74, 6) is 0.764. The van der Waals surface area contributed by atoms with Gasteiger partial charge in [0.2, 0.25) is 0 Å². The number of aldehydes is 1. The highest BCUT2D eigenvalue weighted by atomic mass is 16.5. The summed E-state index contributed by atoms with van der Waals surface area (Å²) in [6.45, 7) is 0. The molecule has 19 heavy (non-hydrogen) atoms. The summed E-state index contributed by atoms with van der Waals surface area (Å²) in [7, 11) is 1.62. The molecule has 2 heterocycles. The highest BCUT2D eigenvalue weighted by Gasteiger charge is 2.06. The van der Waals surface area contributed by atoms with Crippen molar-refractivity contribution in [3.63, 3.8) is 0 Å². The number of rotatable bonds is 3. The molecular formula is C14H11N3O2. The first kappa shape index (κ1) is 11.4. The van der Waals surface area contributed by atoms with E-state index in [0.717, 1.165) is 23.3 Å². The maximum atomic E-state index is 10.9. The van der Waals surface area contributed by atoms with Crippen LogP contribution in [0, 0.1) is 0 Å². The zero-order valence-electron chi connectivity index (χ0n) is 10.3. The van der Waals surface area contributed by atoms with E-state index >= 15 is 0 Å². The fraction of sp³-hybridized carbons (Fsp3) is 0.0714. The Bertz CT molecular complexity index is 749. The standard InChI is InChI=1S/C14H11N3O2/c1-19-12-4-2-3-10(7-12)13-5-6-14-15-8-11(9-18)17(14)16-13/h2-9H,1H3. The van der Waals surface area contributed by atoms with E-state index in [-0.39, 0.29) is 0 Å². The summed E-state index contributed by atoms with van der Waals surface area (Å²) >= 11 is 0. The Morgan fingerprint density at radius 3 is 2.95 bits per heavy atom. The summed E-state index contributed by atoms with van der Waals surface area (Å²) < 4.78 is 6.72. The molecule has 94 valence electrons. The topological polar surface area (TPSA) is 56.5 Å². The van der Waals surface area contributed by atoms with Crippen molar-refractivity contribution in [2.24, 2.45) is 0 Å². The van der Waals surface area contributed by atoms with E-state index in [1.807, 2.05) is 36.4 Å². The van der Waals surface area contributed by atoms with Crippen LogP contribution in [0.5, 0.6) is 5.75 Å². The lowest BCUT2D eigenvalue weighted by atomic mass is 10.1. The summed E-state index contributed by atoms with van der Waals surface area (Å²) in [4.78, 5) is 15.0. The van der Waals surface area contributed by atoms with E-state index in [9.17, 15) is 4.79 Å². The van der Waals surface area contributed by atoms with Crippen molar-refractivity contribution >= 4 is 11.9 Å². The quantitative estimate of drug-likeness (QED) is 0.671. The second-order valence-electron chi connectivity index (χ2n) is 4.02. The molecule has 5 nitrogen and oxygen atoms in total. The van der Waals surface area contributed by atoms with E-state index in [2.05, 4.69) is 10.1 Å². The van der Waals surface area contributed by atoms with Crippen LogP contribution in [0.2, 0.25) is 0 Å². The Morgan fingerprint density at radius 1 is 1.26 bits per heavy atom. The SMILES string of the molecule is COc1cccc(-c2ccc3ncc(C=O)n3n2)c1. The second-order valence-corrected chi connectivity index (χ2v) is 4.02. The van der Waals surface area contributed by atoms with Crippen molar-refractivity contribution in [3.05, 3.63) is 48.3 Å². The number of carbonyl (C=O) groups excluding carboxylic acids is 1. The molecule has 0 aliphatic carbocycles. The molecule has 0 spiro atoms. The highest BCUT2D eigenvalue weighted by Crippen LogP contribution is 2.22. The number of methoxy groups -OCH3 is 1. The molecule has 2 aromatic heterocycles. The number of hydrogen-bond donors (Lipinski definition) is 0. The molecule has 0 unspecified atom stereocenters. The van der Waals surface area contributed by atoms with E-state index < -0.39 is 0 Å². The Morgan fingerprint density at radius 2 is 2.16 bits per heavy atom. The largest absolute Gasteiger partial charge is 0.497 e. The average Bonchev–Trinajstić information content (AvgIpc) is 2.89. The lowest BCUT2D eigenvalue weighted by molar-refractivity contribution is 0.111. The predicted molar refractivity (Wildman–Crippen MR) is 70.4 cm³/mol. The van der Waals surface area contributed by atoms with Gasteiger partial charge in [-0.3, -0.25) is 4.79 Å². The lowest BCUT2D eigenvalue weighted by Crippen LogP contribution is -1.98. The number of nitrogens with zero attached hydrogens (tertiary/aromatic N) is 3. The third kappa shape index (κ3) is 1.95. The maximum absolute atomic E-state index is 10.9. The molecule has 3 rings (SSSR count). The van der Waals surface area contributed by atoms with Crippen molar-refractivity contribution in [3.8, 4) is 17.0 Å². The van der Waals surface area contributed by atoms with Gasteiger partial charge in [0.05, 0.1) is 19.0 Å². The molecule has 5 heteroatoms. The van der Waals surface area contributed by atoms with Gasteiger partial charge in [-0.1, -0.05) is 12.1 Å². The van der Waals surface area contributed by atoms with Gasteiger partial charge in [0.15, 0.2) is 11.9 Å². The fourth-order valence-electron chi connectivity index (χ4n) is 1.91. The van der Waals surface area contributed by atoms with Crippen molar-refractivity contribution in [1.82, 2.24) is 14.6 Å². The number of hydrogen-bond acceptors (Lipinski definition) is 4. The summed E-state index contributed by atoms with van der Waals surface area (Å²) in [6.07, 6.45) is 2.24. The molecule has 0 saturated heterocycles. The van der Waals surface area contributed by atoms with Crippen LogP contribution >= 0.6 is 0 Å². The molecule has 1 aromatic carbocycles. The molecule has 0 radical (unpaired) electrons. The number of imidazole rings is 1. The smallest absolute Gasteiger partial charge is 0.170 e. The number of aromatic nitrogens is 3. The summed E-state index contributed by atoms with van der Waals surface area (Å²) in [6, 6.07) is 11.3. The molecule has 0 bridgehead atoms. The summed E-state index contributed by atoms with van der Waals surface area (Å²) in [5.41, 5.74) is 2.76. The van der Waals surface area contributed by atoms with Crippen LogP contribution in [-0.4, -0.2) is 28.0 Å². The Kier molecular flexibility index (Phi) is 2.72. The van der Waals surface area contributed by atoms with Crippen LogP contribution in [0.4, 0.5) is 0 Å². The first-order chi connectivity index (χ1) is 9.31. The van der Waals surface area contributed by atoms with Crippen LogP contribution in [0.25, 0.3) is 16.9 Å². The van der Waals surface area contributed by atoms with Crippen LogP contribution in [0.15, 0.2) is 42.6 Å². The minimum Gasteiger partial charge on any atom is -0.497 e. The van der Waals surface area contributed by atoms with Gasteiger partial charge >= 0.3 is 0 Å². The molecular weight excluding hydrogens is 242 g/mol. The minimum atomic E-state index is 0.430. The fourth-order valence-corrected chi connectivity index (χ4v) is 1.91. The van der Waals surface area contributed by atoms with E-state index in [1.165, 1.54) is 10.7 Å². The van der Waals surface area contributed by atoms with Crippen molar-refractivity contribution in [2.45, 2.75) is 0 Å². The molecule has 0 aliphatic rings. The first-order valence-corrected chi connectivity index (χ1v) is 5.76. The van der Waals surface area contributed by atoms with Gasteiger partial charge < -0.3 is 4.74 Å². The molecule has 0 atom stereocenters. The molecule has 0 fully saturated rings. The third-order valence-electron chi connectivity index (χ3n) is 2.87. The lowest BCUT2D eigenvalue weighted by Gasteiger charge is -2.04. The van der Waals surface area contributed by atoms with Gasteiger partial charge in [-0.05, 0) is 24.3 Å². The highest BCUT2D eigenvalue weighted by molar-refractivity contribution is 5.74. The van der Waals surface area contributed by atoms with Crippen LogP contribution in [0.1, 0.15) is 10.5 Å². The zero-order valence-corrected chi connectivity index (χ0v) is 10.3.